The Labute approximate surface area is 182 Å². The SMILES string of the molecule is O=S(=O)(C=Cc1ccccc1)N1CCSC1c1ccccc1OCc1ccccc1. The first-order chi connectivity index (χ1) is 14.6. The van der Waals surface area contributed by atoms with Gasteiger partial charge in [0, 0.05) is 23.3 Å². The van der Waals surface area contributed by atoms with Crippen molar-refractivity contribution in [2.75, 3.05) is 12.3 Å². The summed E-state index contributed by atoms with van der Waals surface area (Å²) < 4.78 is 33.8. The number of benzene rings is 3. The number of thioether (sulfide) groups is 1. The lowest BCUT2D eigenvalue weighted by atomic mass is 10.2. The van der Waals surface area contributed by atoms with E-state index in [1.807, 2.05) is 84.9 Å². The van der Waals surface area contributed by atoms with E-state index in [1.54, 1.807) is 22.1 Å². The average Bonchev–Trinajstić information content (AvgIpc) is 3.29. The zero-order chi connectivity index (χ0) is 20.8. The Morgan fingerprint density at radius 2 is 1.60 bits per heavy atom. The van der Waals surface area contributed by atoms with Crippen molar-refractivity contribution in [3.05, 3.63) is 107 Å². The summed E-state index contributed by atoms with van der Waals surface area (Å²) in [6, 6.07) is 27.1. The van der Waals surface area contributed by atoms with Crippen LogP contribution >= 0.6 is 11.8 Å². The van der Waals surface area contributed by atoms with Gasteiger partial charge in [-0.1, -0.05) is 78.9 Å². The molecule has 1 aliphatic heterocycles. The molecule has 154 valence electrons. The summed E-state index contributed by atoms with van der Waals surface area (Å²) in [5.74, 6) is 1.46. The van der Waals surface area contributed by atoms with Gasteiger partial charge in [-0.2, -0.15) is 4.31 Å². The summed E-state index contributed by atoms with van der Waals surface area (Å²) in [5.41, 5.74) is 2.81. The van der Waals surface area contributed by atoms with Crippen LogP contribution in [0.5, 0.6) is 5.75 Å². The first-order valence-corrected chi connectivity index (χ1v) is 12.3. The molecule has 4 rings (SSSR count). The minimum Gasteiger partial charge on any atom is -0.489 e. The standard InChI is InChI=1S/C24H23NO3S2/c26-30(27,18-15-20-9-3-1-4-10-20)25-16-17-29-24(25)22-13-7-8-14-23(22)28-19-21-11-5-2-6-12-21/h1-15,18,24H,16-17,19H2. The van der Waals surface area contributed by atoms with E-state index in [0.29, 0.717) is 18.9 Å². The van der Waals surface area contributed by atoms with Gasteiger partial charge in [-0.3, -0.25) is 0 Å². The first kappa shape index (κ1) is 20.7. The summed E-state index contributed by atoms with van der Waals surface area (Å²) in [7, 11) is -3.56. The topological polar surface area (TPSA) is 46.6 Å². The molecule has 1 fully saturated rings. The molecule has 1 unspecified atom stereocenters. The van der Waals surface area contributed by atoms with Crippen molar-refractivity contribution in [2.24, 2.45) is 0 Å². The van der Waals surface area contributed by atoms with Crippen LogP contribution in [-0.2, 0) is 16.6 Å². The van der Waals surface area contributed by atoms with Gasteiger partial charge >= 0.3 is 0 Å². The molecule has 30 heavy (non-hydrogen) atoms. The average molecular weight is 438 g/mol. The molecule has 1 saturated heterocycles. The maximum atomic E-state index is 13.1. The number of nitrogens with zero attached hydrogens (tertiary/aromatic N) is 1. The number of para-hydroxylation sites is 1. The van der Waals surface area contributed by atoms with Crippen molar-refractivity contribution >= 4 is 27.9 Å². The fourth-order valence-corrected chi connectivity index (χ4v) is 6.36. The summed E-state index contributed by atoms with van der Waals surface area (Å²) in [4.78, 5) is 0. The minimum absolute atomic E-state index is 0.303. The largest absolute Gasteiger partial charge is 0.489 e. The van der Waals surface area contributed by atoms with Crippen LogP contribution in [0.25, 0.3) is 6.08 Å². The van der Waals surface area contributed by atoms with E-state index >= 15 is 0 Å². The van der Waals surface area contributed by atoms with Crippen LogP contribution in [0, 0.1) is 0 Å². The highest BCUT2D eigenvalue weighted by molar-refractivity contribution is 8.01. The highest BCUT2D eigenvalue weighted by atomic mass is 32.2. The summed E-state index contributed by atoms with van der Waals surface area (Å²) in [5, 5.41) is 0.997. The quantitative estimate of drug-likeness (QED) is 0.502. The molecular weight excluding hydrogens is 414 g/mol. The molecule has 3 aromatic rings. The van der Waals surface area contributed by atoms with Crippen LogP contribution in [-0.4, -0.2) is 25.0 Å². The van der Waals surface area contributed by atoms with E-state index in [1.165, 1.54) is 5.41 Å². The highest BCUT2D eigenvalue weighted by Crippen LogP contribution is 2.43. The van der Waals surface area contributed by atoms with Gasteiger partial charge in [-0.15, -0.1) is 11.8 Å². The Bertz CT molecular complexity index is 1100. The Kier molecular flexibility index (Phi) is 6.57. The second-order valence-electron chi connectivity index (χ2n) is 6.90. The van der Waals surface area contributed by atoms with Crippen LogP contribution < -0.4 is 4.74 Å². The van der Waals surface area contributed by atoms with Gasteiger partial charge in [0.15, 0.2) is 0 Å². The zero-order valence-electron chi connectivity index (χ0n) is 16.4. The van der Waals surface area contributed by atoms with Gasteiger partial charge in [0.2, 0.25) is 10.0 Å². The Morgan fingerprint density at radius 3 is 2.37 bits per heavy atom. The van der Waals surface area contributed by atoms with Gasteiger partial charge in [0.05, 0.1) is 5.37 Å². The monoisotopic (exact) mass is 437 g/mol. The van der Waals surface area contributed by atoms with Crippen molar-refractivity contribution in [2.45, 2.75) is 12.0 Å². The second-order valence-corrected chi connectivity index (χ2v) is 9.86. The van der Waals surface area contributed by atoms with Crippen LogP contribution in [0.1, 0.15) is 22.1 Å². The predicted octanol–water partition coefficient (Wildman–Crippen LogP) is 5.31. The normalized spacial score (nSPS) is 17.4. The number of hydrogen-bond acceptors (Lipinski definition) is 4. The number of rotatable bonds is 7. The van der Waals surface area contributed by atoms with Crippen LogP contribution in [0.15, 0.2) is 90.3 Å². The van der Waals surface area contributed by atoms with Crippen LogP contribution in [0.2, 0.25) is 0 Å². The molecule has 0 aromatic heterocycles. The van der Waals surface area contributed by atoms with E-state index in [2.05, 4.69) is 0 Å². The van der Waals surface area contributed by atoms with Crippen molar-refractivity contribution < 1.29 is 13.2 Å². The fourth-order valence-electron chi connectivity index (χ4n) is 3.32. The molecule has 4 nitrogen and oxygen atoms in total. The van der Waals surface area contributed by atoms with Gasteiger partial charge in [-0.25, -0.2) is 8.42 Å². The van der Waals surface area contributed by atoms with Crippen LogP contribution in [0.4, 0.5) is 0 Å². The Hall–Kier alpha value is -2.54. The van der Waals surface area contributed by atoms with E-state index in [0.717, 1.165) is 22.4 Å². The predicted molar refractivity (Wildman–Crippen MR) is 124 cm³/mol. The van der Waals surface area contributed by atoms with Crippen LogP contribution in [0.3, 0.4) is 0 Å². The lowest BCUT2D eigenvalue weighted by Crippen LogP contribution is -2.29. The molecule has 0 N–H and O–H groups in total. The van der Waals surface area contributed by atoms with E-state index < -0.39 is 10.0 Å². The molecule has 3 aromatic carbocycles. The Balaban J connectivity index is 1.55. The smallest absolute Gasteiger partial charge is 0.237 e. The maximum Gasteiger partial charge on any atom is 0.237 e. The van der Waals surface area contributed by atoms with Gasteiger partial charge in [-0.05, 0) is 23.3 Å². The number of sulfonamides is 1. The third kappa shape index (κ3) is 4.95. The lowest BCUT2D eigenvalue weighted by molar-refractivity contribution is 0.299. The molecule has 0 radical (unpaired) electrons. The third-order valence-electron chi connectivity index (χ3n) is 4.83. The van der Waals surface area contributed by atoms with Gasteiger partial charge in [0.1, 0.15) is 12.4 Å². The highest BCUT2D eigenvalue weighted by Gasteiger charge is 2.36. The summed E-state index contributed by atoms with van der Waals surface area (Å²) in [6.45, 7) is 0.916. The lowest BCUT2D eigenvalue weighted by Gasteiger charge is -2.24. The number of ether oxygens (including phenoxy) is 1. The summed E-state index contributed by atoms with van der Waals surface area (Å²) >= 11 is 1.62. The molecule has 0 saturated carbocycles. The maximum absolute atomic E-state index is 13.1. The third-order valence-corrected chi connectivity index (χ3v) is 7.73. The Morgan fingerprint density at radius 1 is 0.933 bits per heavy atom. The van der Waals surface area contributed by atoms with E-state index in [4.69, 9.17) is 4.74 Å². The molecule has 0 spiro atoms. The molecule has 1 aliphatic rings. The molecule has 1 atom stereocenters. The first-order valence-electron chi connectivity index (χ1n) is 9.76. The molecule has 0 amide bonds. The summed E-state index contributed by atoms with van der Waals surface area (Å²) in [6.07, 6.45) is 1.65. The number of hydrogen-bond donors (Lipinski definition) is 0. The zero-order valence-corrected chi connectivity index (χ0v) is 18.1. The molecule has 6 heteroatoms. The minimum atomic E-state index is -3.56. The molecule has 1 heterocycles. The van der Waals surface area contributed by atoms with Gasteiger partial charge in [0.25, 0.3) is 0 Å². The van der Waals surface area contributed by atoms with Crippen molar-refractivity contribution in [3.63, 3.8) is 0 Å². The van der Waals surface area contributed by atoms with E-state index in [9.17, 15) is 8.42 Å². The van der Waals surface area contributed by atoms with Crippen molar-refractivity contribution in [1.29, 1.82) is 0 Å². The molecule has 0 bridgehead atoms. The molecular formula is C24H23NO3S2. The fraction of sp³-hybridized carbons (Fsp3) is 0.167. The van der Waals surface area contributed by atoms with E-state index in [-0.39, 0.29) is 5.37 Å². The van der Waals surface area contributed by atoms with Crippen molar-refractivity contribution in [3.8, 4) is 5.75 Å². The molecule has 0 aliphatic carbocycles. The second kappa shape index (κ2) is 9.51. The van der Waals surface area contributed by atoms with Gasteiger partial charge < -0.3 is 4.74 Å². The van der Waals surface area contributed by atoms with Crippen molar-refractivity contribution in [1.82, 2.24) is 4.31 Å².